The molecule has 0 saturated heterocycles. The zero-order chi connectivity index (χ0) is 35.4. The van der Waals surface area contributed by atoms with E-state index >= 15 is 0 Å². The van der Waals surface area contributed by atoms with Gasteiger partial charge in [-0.25, -0.2) is 4.98 Å². The highest BCUT2D eigenvalue weighted by Gasteiger charge is 2.19. The van der Waals surface area contributed by atoms with E-state index in [9.17, 15) is 0 Å². The van der Waals surface area contributed by atoms with E-state index in [0.717, 1.165) is 0 Å². The molecule has 0 unspecified atom stereocenters. The molecule has 0 bridgehead atoms. The van der Waals surface area contributed by atoms with Crippen LogP contribution in [0.2, 0.25) is 0 Å². The molecule has 0 aliphatic carbocycles. The van der Waals surface area contributed by atoms with Crippen molar-refractivity contribution in [2.75, 3.05) is 0 Å². The number of imidazole rings is 1. The highest BCUT2D eigenvalue weighted by molar-refractivity contribution is 6.18. The number of hydrogen-bond acceptors (Lipinski definition) is 1. The molecule has 0 radical (unpaired) electrons. The Labute approximate surface area is 228 Å². The van der Waals surface area contributed by atoms with Gasteiger partial charge >= 0.3 is 0 Å². The number of aryl methyl sites for hydroxylation is 1. The molecule has 170 valence electrons. The molecule has 2 heteroatoms. The standard InChI is InChI=1S/C34H24N2/c1-23-35-31-17-9-10-18-32(31)36(23)34-29-15-7-5-13-27(29)33(28-14-6-8-16-30(28)34)26-21-19-25(20-22-26)24-11-3-2-4-12-24/h2-22H,1H3/i2D,3D,4D,5D,6D,7D,8D,11D,12D,13D,14D,15D,16D. The summed E-state index contributed by atoms with van der Waals surface area (Å²) in [4.78, 5) is 4.65. The van der Waals surface area contributed by atoms with E-state index in [1.165, 1.54) is 12.1 Å². The molecule has 1 aromatic heterocycles. The van der Waals surface area contributed by atoms with E-state index in [1.54, 1.807) is 47.9 Å². The van der Waals surface area contributed by atoms with Crippen LogP contribution in [-0.4, -0.2) is 9.55 Å². The Morgan fingerprint density at radius 1 is 0.583 bits per heavy atom. The molecule has 0 aliphatic rings. The molecule has 7 rings (SSSR count). The van der Waals surface area contributed by atoms with Crippen molar-refractivity contribution in [3.63, 3.8) is 0 Å². The van der Waals surface area contributed by atoms with Crippen LogP contribution >= 0.6 is 0 Å². The maximum Gasteiger partial charge on any atom is 0.111 e. The van der Waals surface area contributed by atoms with Crippen LogP contribution in [0, 0.1) is 6.92 Å². The van der Waals surface area contributed by atoms with Crippen LogP contribution in [0.1, 0.15) is 23.6 Å². The molecule has 2 nitrogen and oxygen atoms in total. The summed E-state index contributed by atoms with van der Waals surface area (Å²) in [6.45, 7) is 1.71. The fraction of sp³-hybridized carbons (Fsp3) is 0.0294. The SMILES string of the molecule is [2H]c1c([2H])c([2H])c(-c2ccc(-c3c4c([2H])c([2H])c([2H])c([2H])c4c(-n4c(C)nc5ccccc54)c4c([2H])c([2H])c([2H])c([2H])c34)cc2)c([2H])c1[2H]. The third kappa shape index (κ3) is 3.15. The van der Waals surface area contributed by atoms with E-state index in [4.69, 9.17) is 17.8 Å². The fourth-order valence-corrected chi connectivity index (χ4v) is 4.74. The third-order valence-corrected chi connectivity index (χ3v) is 6.26. The van der Waals surface area contributed by atoms with E-state index in [-0.39, 0.29) is 43.9 Å². The normalized spacial score (nSPS) is 16.5. The van der Waals surface area contributed by atoms with Gasteiger partial charge in [0.2, 0.25) is 0 Å². The Bertz CT molecular complexity index is 2480. The molecule has 0 spiro atoms. The van der Waals surface area contributed by atoms with Gasteiger partial charge in [-0.2, -0.15) is 0 Å². The quantitative estimate of drug-likeness (QED) is 0.234. The minimum absolute atomic E-state index is 0.0197. The molecule has 0 amide bonds. The summed E-state index contributed by atoms with van der Waals surface area (Å²) in [5.41, 5.74) is 1.98. The Morgan fingerprint density at radius 2 is 1.14 bits per heavy atom. The minimum Gasteiger partial charge on any atom is -0.295 e. The van der Waals surface area contributed by atoms with Crippen molar-refractivity contribution in [2.24, 2.45) is 0 Å². The number of aromatic nitrogens is 2. The second kappa shape index (κ2) is 8.21. The van der Waals surface area contributed by atoms with Crippen molar-refractivity contribution in [2.45, 2.75) is 6.92 Å². The summed E-state index contributed by atoms with van der Waals surface area (Å²) >= 11 is 0. The van der Waals surface area contributed by atoms with Gasteiger partial charge in [0.15, 0.2) is 0 Å². The molecule has 1 heterocycles. The second-order valence-corrected chi connectivity index (χ2v) is 8.28. The lowest BCUT2D eigenvalue weighted by Gasteiger charge is -2.19. The fourth-order valence-electron chi connectivity index (χ4n) is 4.74. The first-order valence-electron chi connectivity index (χ1n) is 17.8. The topological polar surface area (TPSA) is 17.8 Å². The number of fused-ring (bicyclic) bond motifs is 3. The largest absolute Gasteiger partial charge is 0.295 e. The lowest BCUT2D eigenvalue weighted by atomic mass is 9.89. The molecule has 6 aromatic carbocycles. The van der Waals surface area contributed by atoms with Crippen molar-refractivity contribution in [1.82, 2.24) is 9.55 Å². The predicted molar refractivity (Wildman–Crippen MR) is 152 cm³/mol. The van der Waals surface area contributed by atoms with E-state index < -0.39 is 78.6 Å². The third-order valence-electron chi connectivity index (χ3n) is 6.26. The van der Waals surface area contributed by atoms with E-state index in [1.807, 2.05) is 0 Å². The molecule has 36 heavy (non-hydrogen) atoms. The molecular weight excluding hydrogens is 436 g/mol. The van der Waals surface area contributed by atoms with Gasteiger partial charge in [0.05, 0.1) is 34.5 Å². The van der Waals surface area contributed by atoms with Crippen LogP contribution in [-0.2, 0) is 0 Å². The molecule has 0 saturated carbocycles. The number of benzene rings is 6. The van der Waals surface area contributed by atoms with Gasteiger partial charge in [-0.1, -0.05) is 115 Å². The monoisotopic (exact) mass is 473 g/mol. The summed E-state index contributed by atoms with van der Waals surface area (Å²) in [6, 6.07) is 7.15. The lowest BCUT2D eigenvalue weighted by Crippen LogP contribution is -2.01. The molecule has 0 atom stereocenters. The summed E-state index contributed by atoms with van der Waals surface area (Å²) in [5.74, 6) is 0.430. The van der Waals surface area contributed by atoms with Crippen molar-refractivity contribution in [1.29, 1.82) is 0 Å². The smallest absolute Gasteiger partial charge is 0.111 e. The van der Waals surface area contributed by atoms with Gasteiger partial charge < -0.3 is 0 Å². The Hall–Kier alpha value is -4.69. The van der Waals surface area contributed by atoms with E-state index in [2.05, 4.69) is 4.98 Å². The highest BCUT2D eigenvalue weighted by atomic mass is 15.1. The van der Waals surface area contributed by atoms with Gasteiger partial charge in [0.25, 0.3) is 0 Å². The van der Waals surface area contributed by atoms with Crippen LogP contribution in [0.5, 0.6) is 0 Å². The average Bonchev–Trinajstić information content (AvgIpc) is 3.43. The zero-order valence-electron chi connectivity index (χ0n) is 32.0. The summed E-state index contributed by atoms with van der Waals surface area (Å²) < 4.78 is 114. The Kier molecular flexibility index (Phi) is 2.59. The minimum atomic E-state index is -0.534. The zero-order valence-corrected chi connectivity index (χ0v) is 19.0. The first-order chi connectivity index (χ1) is 23.2. The molecular formula is C34H24N2. The first-order valence-corrected chi connectivity index (χ1v) is 11.3. The summed E-state index contributed by atoms with van der Waals surface area (Å²) in [6.07, 6.45) is 0. The van der Waals surface area contributed by atoms with Crippen LogP contribution < -0.4 is 0 Å². The number of para-hydroxylation sites is 2. The van der Waals surface area contributed by atoms with Crippen LogP contribution in [0.15, 0.2) is 127 Å². The van der Waals surface area contributed by atoms with Gasteiger partial charge in [0, 0.05) is 10.8 Å². The second-order valence-electron chi connectivity index (χ2n) is 8.28. The van der Waals surface area contributed by atoms with Crippen molar-refractivity contribution in [3.8, 4) is 27.9 Å². The van der Waals surface area contributed by atoms with Crippen molar-refractivity contribution in [3.05, 3.63) is 133 Å². The Morgan fingerprint density at radius 3 is 1.81 bits per heavy atom. The number of nitrogens with zero attached hydrogens (tertiary/aromatic N) is 2. The summed E-state index contributed by atoms with van der Waals surface area (Å²) in [7, 11) is 0. The molecule has 0 aliphatic heterocycles. The van der Waals surface area contributed by atoms with Gasteiger partial charge in [-0.3, -0.25) is 4.57 Å². The van der Waals surface area contributed by atoms with Crippen LogP contribution in [0.25, 0.3) is 60.5 Å². The van der Waals surface area contributed by atoms with Crippen molar-refractivity contribution < 1.29 is 17.8 Å². The van der Waals surface area contributed by atoms with E-state index in [0.29, 0.717) is 22.4 Å². The predicted octanol–water partition coefficient (Wildman–Crippen LogP) is 8.97. The van der Waals surface area contributed by atoms with Gasteiger partial charge in [-0.15, -0.1) is 0 Å². The maximum atomic E-state index is 9.14. The number of rotatable bonds is 3. The van der Waals surface area contributed by atoms with Crippen LogP contribution in [0.3, 0.4) is 0 Å². The Balaban J connectivity index is 1.70. The lowest BCUT2D eigenvalue weighted by molar-refractivity contribution is 1.02. The average molecular weight is 474 g/mol. The van der Waals surface area contributed by atoms with Crippen molar-refractivity contribution >= 4 is 32.6 Å². The highest BCUT2D eigenvalue weighted by Crippen LogP contribution is 2.42. The van der Waals surface area contributed by atoms with Gasteiger partial charge in [0.1, 0.15) is 5.82 Å². The van der Waals surface area contributed by atoms with Gasteiger partial charge in [-0.05, 0) is 52.1 Å². The molecule has 7 aromatic rings. The number of hydrogen-bond donors (Lipinski definition) is 0. The molecule has 0 fully saturated rings. The molecule has 0 N–H and O–H groups in total. The van der Waals surface area contributed by atoms with Crippen LogP contribution in [0.4, 0.5) is 0 Å². The maximum absolute atomic E-state index is 9.14. The first kappa shape index (κ1) is 11.4. The summed E-state index contributed by atoms with van der Waals surface area (Å²) in [5, 5.41) is 0.0940.